The van der Waals surface area contributed by atoms with Crippen LogP contribution < -0.4 is 0 Å². The van der Waals surface area contributed by atoms with Gasteiger partial charge in [0.2, 0.25) is 0 Å². The van der Waals surface area contributed by atoms with Gasteiger partial charge in [-0.2, -0.15) is 0 Å². The van der Waals surface area contributed by atoms with E-state index < -0.39 is 0 Å². The fourth-order valence-electron chi connectivity index (χ4n) is 0.938. The van der Waals surface area contributed by atoms with E-state index in [1.807, 2.05) is 28.3 Å². The van der Waals surface area contributed by atoms with Gasteiger partial charge in [0.1, 0.15) is 0 Å². The molecule has 0 bridgehead atoms. The van der Waals surface area contributed by atoms with E-state index in [9.17, 15) is 0 Å². The van der Waals surface area contributed by atoms with Crippen molar-refractivity contribution in [1.82, 2.24) is 9.55 Å². The van der Waals surface area contributed by atoms with Crippen LogP contribution in [0.1, 0.15) is 5.69 Å². The average molecular weight is 163 g/mol. The molecule has 55 valence electrons. The van der Waals surface area contributed by atoms with Gasteiger partial charge in [-0.05, 0) is 19.1 Å². The van der Waals surface area contributed by atoms with Gasteiger partial charge < -0.3 is 0 Å². The standard InChI is InChI=1S/C8H7N2S/c1-7-3-2-5-10(7)8-9-4-6-11-8/h2-6H,1H2. The third-order valence-electron chi connectivity index (χ3n) is 1.46. The van der Waals surface area contributed by atoms with E-state index in [0.717, 1.165) is 10.8 Å². The summed E-state index contributed by atoms with van der Waals surface area (Å²) >= 11 is 1.61. The lowest BCUT2D eigenvalue weighted by Crippen LogP contribution is -1.91. The third kappa shape index (κ3) is 1.07. The van der Waals surface area contributed by atoms with Gasteiger partial charge in [-0.1, -0.05) is 0 Å². The summed E-state index contributed by atoms with van der Waals surface area (Å²) in [6.07, 6.45) is 3.75. The van der Waals surface area contributed by atoms with Crippen LogP contribution in [0.2, 0.25) is 0 Å². The molecule has 0 atom stereocenters. The predicted octanol–water partition coefficient (Wildman–Crippen LogP) is 2.12. The van der Waals surface area contributed by atoms with Gasteiger partial charge >= 0.3 is 0 Å². The number of nitrogens with zero attached hydrogens (tertiary/aromatic N) is 2. The molecule has 0 fully saturated rings. The van der Waals surface area contributed by atoms with Crippen LogP contribution in [0.5, 0.6) is 0 Å². The average Bonchev–Trinajstić information content (AvgIpc) is 2.55. The summed E-state index contributed by atoms with van der Waals surface area (Å²) in [7, 11) is 0. The lowest BCUT2D eigenvalue weighted by molar-refractivity contribution is 1.02. The highest BCUT2D eigenvalue weighted by molar-refractivity contribution is 7.12. The first-order valence-electron chi connectivity index (χ1n) is 3.27. The summed E-state index contributed by atoms with van der Waals surface area (Å²) in [6, 6.07) is 3.92. The highest BCUT2D eigenvalue weighted by atomic mass is 32.1. The molecule has 3 heteroatoms. The summed E-state index contributed by atoms with van der Waals surface area (Å²) in [5.74, 6) is 0. The number of hydrogen-bond donors (Lipinski definition) is 0. The fraction of sp³-hybridized carbons (Fsp3) is 0. The highest BCUT2D eigenvalue weighted by Crippen LogP contribution is 2.13. The topological polar surface area (TPSA) is 17.8 Å². The zero-order valence-corrected chi connectivity index (χ0v) is 6.71. The number of aromatic nitrogens is 2. The second-order valence-electron chi connectivity index (χ2n) is 2.18. The molecule has 2 rings (SSSR count). The first kappa shape index (κ1) is 6.61. The molecule has 2 nitrogen and oxygen atoms in total. The Morgan fingerprint density at radius 1 is 1.55 bits per heavy atom. The Kier molecular flexibility index (Phi) is 1.51. The molecule has 0 aliphatic carbocycles. The molecule has 0 spiro atoms. The van der Waals surface area contributed by atoms with Crippen molar-refractivity contribution in [3.63, 3.8) is 0 Å². The van der Waals surface area contributed by atoms with Crippen LogP contribution in [-0.4, -0.2) is 9.55 Å². The van der Waals surface area contributed by atoms with E-state index in [1.54, 1.807) is 17.5 Å². The number of hydrogen-bond acceptors (Lipinski definition) is 2. The third-order valence-corrected chi connectivity index (χ3v) is 2.23. The Hall–Kier alpha value is -1.09. The van der Waals surface area contributed by atoms with Crippen molar-refractivity contribution in [2.45, 2.75) is 0 Å². The molecule has 0 aromatic carbocycles. The molecule has 0 aliphatic rings. The van der Waals surface area contributed by atoms with Crippen molar-refractivity contribution >= 4 is 11.3 Å². The monoisotopic (exact) mass is 163 g/mol. The predicted molar refractivity (Wildman–Crippen MR) is 45.9 cm³/mol. The van der Waals surface area contributed by atoms with Crippen molar-refractivity contribution in [3.05, 3.63) is 42.5 Å². The summed E-state index contributed by atoms with van der Waals surface area (Å²) in [6.45, 7) is 3.87. The first-order chi connectivity index (χ1) is 5.38. The van der Waals surface area contributed by atoms with Crippen LogP contribution in [0.15, 0.2) is 29.9 Å². The van der Waals surface area contributed by atoms with Crippen LogP contribution in [0.25, 0.3) is 5.13 Å². The second kappa shape index (κ2) is 2.51. The Morgan fingerprint density at radius 3 is 3.00 bits per heavy atom. The van der Waals surface area contributed by atoms with Gasteiger partial charge in [-0.3, -0.25) is 4.57 Å². The van der Waals surface area contributed by atoms with Gasteiger partial charge in [0.25, 0.3) is 0 Å². The molecule has 11 heavy (non-hydrogen) atoms. The SMILES string of the molecule is [CH2]c1cccn1-c1nccs1. The van der Waals surface area contributed by atoms with E-state index in [0.29, 0.717) is 0 Å². The maximum atomic E-state index is 4.16. The Labute approximate surface area is 69.1 Å². The minimum atomic E-state index is 0.972. The normalized spacial score (nSPS) is 10.3. The molecule has 0 saturated heterocycles. The van der Waals surface area contributed by atoms with Gasteiger partial charge in [0.15, 0.2) is 5.13 Å². The van der Waals surface area contributed by atoms with E-state index in [2.05, 4.69) is 11.9 Å². The minimum absolute atomic E-state index is 0.972. The fourth-order valence-corrected chi connectivity index (χ4v) is 1.59. The lowest BCUT2D eigenvalue weighted by Gasteiger charge is -1.98. The van der Waals surface area contributed by atoms with Crippen molar-refractivity contribution in [2.24, 2.45) is 0 Å². The molecule has 0 unspecified atom stereocenters. The van der Waals surface area contributed by atoms with Crippen molar-refractivity contribution in [1.29, 1.82) is 0 Å². The smallest absolute Gasteiger partial charge is 0.193 e. The van der Waals surface area contributed by atoms with Crippen LogP contribution in [0.4, 0.5) is 0 Å². The minimum Gasteiger partial charge on any atom is -0.297 e. The molecule has 0 saturated carbocycles. The Balaban J connectivity index is 2.53. The Bertz CT molecular complexity index is 335. The van der Waals surface area contributed by atoms with Gasteiger partial charge in [0, 0.05) is 23.5 Å². The summed E-state index contributed by atoms with van der Waals surface area (Å²) in [4.78, 5) is 4.16. The van der Waals surface area contributed by atoms with E-state index in [-0.39, 0.29) is 0 Å². The zero-order valence-electron chi connectivity index (χ0n) is 5.90. The maximum absolute atomic E-state index is 4.16. The largest absolute Gasteiger partial charge is 0.297 e. The van der Waals surface area contributed by atoms with Crippen molar-refractivity contribution < 1.29 is 0 Å². The summed E-state index contributed by atoms with van der Waals surface area (Å²) in [5.41, 5.74) is 0.972. The summed E-state index contributed by atoms with van der Waals surface area (Å²) < 4.78 is 1.96. The molecule has 0 aliphatic heterocycles. The van der Waals surface area contributed by atoms with Crippen LogP contribution in [-0.2, 0) is 0 Å². The number of rotatable bonds is 1. The van der Waals surface area contributed by atoms with Crippen LogP contribution >= 0.6 is 11.3 Å². The maximum Gasteiger partial charge on any atom is 0.193 e. The molecule has 2 aromatic heterocycles. The van der Waals surface area contributed by atoms with E-state index in [1.165, 1.54) is 0 Å². The first-order valence-corrected chi connectivity index (χ1v) is 4.15. The molecule has 1 radical (unpaired) electrons. The lowest BCUT2D eigenvalue weighted by atomic mass is 10.5. The van der Waals surface area contributed by atoms with Crippen molar-refractivity contribution in [3.8, 4) is 5.13 Å². The van der Waals surface area contributed by atoms with Gasteiger partial charge in [0.05, 0.1) is 0 Å². The molecule has 0 N–H and O–H groups in total. The highest BCUT2D eigenvalue weighted by Gasteiger charge is 1.99. The molecular weight excluding hydrogens is 156 g/mol. The van der Waals surface area contributed by atoms with Gasteiger partial charge in [-0.15, -0.1) is 11.3 Å². The van der Waals surface area contributed by atoms with E-state index in [4.69, 9.17) is 0 Å². The molecule has 2 heterocycles. The van der Waals surface area contributed by atoms with Gasteiger partial charge in [-0.25, -0.2) is 4.98 Å². The quantitative estimate of drug-likeness (QED) is 0.629. The van der Waals surface area contributed by atoms with Crippen LogP contribution in [0.3, 0.4) is 0 Å². The summed E-state index contributed by atoms with van der Waals surface area (Å²) in [5, 5.41) is 2.93. The van der Waals surface area contributed by atoms with Crippen molar-refractivity contribution in [2.75, 3.05) is 0 Å². The van der Waals surface area contributed by atoms with E-state index >= 15 is 0 Å². The number of thiazole rings is 1. The van der Waals surface area contributed by atoms with Crippen LogP contribution in [0, 0.1) is 6.92 Å². The zero-order chi connectivity index (χ0) is 7.68. The molecular formula is C8H7N2S. The Morgan fingerprint density at radius 2 is 2.45 bits per heavy atom. The molecule has 0 amide bonds. The second-order valence-corrected chi connectivity index (χ2v) is 3.06. The molecule has 2 aromatic rings.